The van der Waals surface area contributed by atoms with Gasteiger partial charge in [-0.1, -0.05) is 12.1 Å². The molecule has 2 N–H and O–H groups in total. The van der Waals surface area contributed by atoms with Crippen molar-refractivity contribution in [3.8, 4) is 0 Å². The Bertz CT molecular complexity index is 436. The zero-order valence-corrected chi connectivity index (χ0v) is 12.1. The summed E-state index contributed by atoms with van der Waals surface area (Å²) in [6.45, 7) is 1.84. The first-order valence-corrected chi connectivity index (χ1v) is 6.90. The van der Waals surface area contributed by atoms with Crippen LogP contribution in [0.5, 0.6) is 0 Å². The van der Waals surface area contributed by atoms with Gasteiger partial charge in [-0.3, -0.25) is 4.99 Å². The standard InChI is InChI=1S/C15H24N4/c1-16-15(17-10-12-7-8-12)18-11-13-5-4-6-14(9-13)19(2)3/h4-6,9,12H,7-8,10-11H2,1-3H3,(H2,16,17,18). The lowest BCUT2D eigenvalue weighted by Crippen LogP contribution is -2.37. The Morgan fingerprint density at radius 3 is 2.74 bits per heavy atom. The topological polar surface area (TPSA) is 39.7 Å². The third-order valence-corrected chi connectivity index (χ3v) is 3.37. The van der Waals surface area contributed by atoms with Gasteiger partial charge in [0.25, 0.3) is 0 Å². The fourth-order valence-electron chi connectivity index (χ4n) is 1.91. The first-order chi connectivity index (χ1) is 9.19. The highest BCUT2D eigenvalue weighted by molar-refractivity contribution is 5.79. The second kappa shape index (κ2) is 6.45. The van der Waals surface area contributed by atoms with Crippen LogP contribution in [0, 0.1) is 5.92 Å². The highest BCUT2D eigenvalue weighted by Gasteiger charge is 2.20. The van der Waals surface area contributed by atoms with Crippen molar-refractivity contribution in [2.24, 2.45) is 10.9 Å². The molecule has 0 bridgehead atoms. The van der Waals surface area contributed by atoms with Gasteiger partial charge < -0.3 is 15.5 Å². The minimum Gasteiger partial charge on any atom is -0.378 e. The second-order valence-electron chi connectivity index (χ2n) is 5.31. The van der Waals surface area contributed by atoms with Crippen molar-refractivity contribution in [3.05, 3.63) is 29.8 Å². The summed E-state index contributed by atoms with van der Waals surface area (Å²) in [6, 6.07) is 8.53. The molecular formula is C15H24N4. The maximum absolute atomic E-state index is 4.24. The van der Waals surface area contributed by atoms with Crippen LogP contribution in [0.25, 0.3) is 0 Å². The molecule has 1 aliphatic carbocycles. The van der Waals surface area contributed by atoms with Gasteiger partial charge in [0.15, 0.2) is 5.96 Å². The lowest BCUT2D eigenvalue weighted by molar-refractivity contribution is 0.737. The molecule has 0 saturated heterocycles. The SMILES string of the molecule is CN=C(NCc1cccc(N(C)C)c1)NCC1CC1. The number of aliphatic imine (C=N–C) groups is 1. The molecule has 19 heavy (non-hydrogen) atoms. The van der Waals surface area contributed by atoms with E-state index in [1.165, 1.54) is 24.1 Å². The summed E-state index contributed by atoms with van der Waals surface area (Å²) in [7, 11) is 5.93. The molecule has 1 aliphatic rings. The number of nitrogens with one attached hydrogen (secondary N) is 2. The molecule has 0 heterocycles. The van der Waals surface area contributed by atoms with E-state index in [4.69, 9.17) is 0 Å². The summed E-state index contributed by atoms with van der Waals surface area (Å²) in [5, 5.41) is 6.72. The van der Waals surface area contributed by atoms with Crippen molar-refractivity contribution in [1.29, 1.82) is 0 Å². The van der Waals surface area contributed by atoms with E-state index in [-0.39, 0.29) is 0 Å². The van der Waals surface area contributed by atoms with E-state index < -0.39 is 0 Å². The van der Waals surface area contributed by atoms with Gasteiger partial charge in [0.2, 0.25) is 0 Å². The average molecular weight is 260 g/mol. The molecule has 0 radical (unpaired) electrons. The van der Waals surface area contributed by atoms with E-state index in [2.05, 4.69) is 58.9 Å². The van der Waals surface area contributed by atoms with Crippen molar-refractivity contribution >= 4 is 11.6 Å². The molecule has 2 rings (SSSR count). The van der Waals surface area contributed by atoms with E-state index in [0.717, 1.165) is 25.0 Å². The fraction of sp³-hybridized carbons (Fsp3) is 0.533. The minimum atomic E-state index is 0.798. The molecule has 0 aliphatic heterocycles. The summed E-state index contributed by atoms with van der Waals surface area (Å²) in [5.74, 6) is 1.75. The number of guanidine groups is 1. The Balaban J connectivity index is 1.84. The maximum atomic E-state index is 4.24. The summed E-state index contributed by atoms with van der Waals surface area (Å²) < 4.78 is 0. The van der Waals surface area contributed by atoms with Crippen molar-refractivity contribution in [3.63, 3.8) is 0 Å². The number of rotatable bonds is 5. The van der Waals surface area contributed by atoms with Crippen molar-refractivity contribution in [1.82, 2.24) is 10.6 Å². The maximum Gasteiger partial charge on any atom is 0.191 e. The monoisotopic (exact) mass is 260 g/mol. The zero-order valence-electron chi connectivity index (χ0n) is 12.1. The van der Waals surface area contributed by atoms with Crippen LogP contribution in [0.3, 0.4) is 0 Å². The van der Waals surface area contributed by atoms with Crippen LogP contribution in [0.2, 0.25) is 0 Å². The Kier molecular flexibility index (Phi) is 4.66. The van der Waals surface area contributed by atoms with E-state index in [1.807, 2.05) is 7.05 Å². The Morgan fingerprint density at radius 1 is 1.32 bits per heavy atom. The summed E-state index contributed by atoms with van der Waals surface area (Å²) in [5.41, 5.74) is 2.49. The summed E-state index contributed by atoms with van der Waals surface area (Å²) in [6.07, 6.45) is 2.71. The molecule has 0 amide bonds. The molecule has 0 atom stereocenters. The number of hydrogen-bond donors (Lipinski definition) is 2. The molecule has 1 aromatic carbocycles. The fourth-order valence-corrected chi connectivity index (χ4v) is 1.91. The molecule has 1 aromatic rings. The molecule has 0 spiro atoms. The molecule has 1 fully saturated rings. The molecule has 4 nitrogen and oxygen atoms in total. The van der Waals surface area contributed by atoms with E-state index in [1.54, 1.807) is 0 Å². The molecule has 4 heteroatoms. The van der Waals surface area contributed by atoms with Gasteiger partial charge in [-0.05, 0) is 36.5 Å². The van der Waals surface area contributed by atoms with E-state index in [9.17, 15) is 0 Å². The van der Waals surface area contributed by atoms with Crippen LogP contribution in [0.15, 0.2) is 29.3 Å². The number of hydrogen-bond acceptors (Lipinski definition) is 2. The van der Waals surface area contributed by atoms with Crippen molar-refractivity contribution < 1.29 is 0 Å². The number of nitrogens with zero attached hydrogens (tertiary/aromatic N) is 2. The highest BCUT2D eigenvalue weighted by Crippen LogP contribution is 2.27. The molecule has 1 saturated carbocycles. The number of benzene rings is 1. The average Bonchev–Trinajstić information content (AvgIpc) is 3.23. The lowest BCUT2D eigenvalue weighted by atomic mass is 10.2. The van der Waals surface area contributed by atoms with Crippen LogP contribution < -0.4 is 15.5 Å². The first-order valence-electron chi connectivity index (χ1n) is 6.90. The first kappa shape index (κ1) is 13.7. The summed E-state index contributed by atoms with van der Waals surface area (Å²) >= 11 is 0. The highest BCUT2D eigenvalue weighted by atomic mass is 15.2. The summed E-state index contributed by atoms with van der Waals surface area (Å²) in [4.78, 5) is 6.36. The number of anilines is 1. The third kappa shape index (κ3) is 4.47. The van der Waals surface area contributed by atoms with E-state index in [0.29, 0.717) is 0 Å². The van der Waals surface area contributed by atoms with Crippen molar-refractivity contribution in [2.75, 3.05) is 32.6 Å². The van der Waals surface area contributed by atoms with Gasteiger partial charge >= 0.3 is 0 Å². The van der Waals surface area contributed by atoms with Gasteiger partial charge in [-0.2, -0.15) is 0 Å². The predicted octanol–water partition coefficient (Wildman–Crippen LogP) is 1.83. The quantitative estimate of drug-likeness (QED) is 0.627. The van der Waals surface area contributed by atoms with Crippen LogP contribution in [0.1, 0.15) is 18.4 Å². The Morgan fingerprint density at radius 2 is 2.11 bits per heavy atom. The van der Waals surface area contributed by atoms with Gasteiger partial charge in [-0.25, -0.2) is 0 Å². The van der Waals surface area contributed by atoms with Crippen molar-refractivity contribution in [2.45, 2.75) is 19.4 Å². The predicted molar refractivity (Wildman–Crippen MR) is 81.7 cm³/mol. The second-order valence-corrected chi connectivity index (χ2v) is 5.31. The van der Waals surface area contributed by atoms with Crippen LogP contribution in [0.4, 0.5) is 5.69 Å². The van der Waals surface area contributed by atoms with Gasteiger partial charge in [0, 0.05) is 39.9 Å². The van der Waals surface area contributed by atoms with Gasteiger partial charge in [-0.15, -0.1) is 0 Å². The largest absolute Gasteiger partial charge is 0.378 e. The van der Waals surface area contributed by atoms with Crippen LogP contribution in [-0.4, -0.2) is 33.6 Å². The van der Waals surface area contributed by atoms with E-state index >= 15 is 0 Å². The Labute approximate surface area is 115 Å². The Hall–Kier alpha value is -1.71. The zero-order chi connectivity index (χ0) is 13.7. The van der Waals surface area contributed by atoms with Gasteiger partial charge in [0.05, 0.1) is 0 Å². The molecule has 0 aromatic heterocycles. The molecule has 0 unspecified atom stereocenters. The van der Waals surface area contributed by atoms with Gasteiger partial charge in [0.1, 0.15) is 0 Å². The van der Waals surface area contributed by atoms with Crippen LogP contribution >= 0.6 is 0 Å². The minimum absolute atomic E-state index is 0.798. The lowest BCUT2D eigenvalue weighted by Gasteiger charge is -2.15. The molecule has 104 valence electrons. The smallest absolute Gasteiger partial charge is 0.191 e. The van der Waals surface area contributed by atoms with Crippen LogP contribution in [-0.2, 0) is 6.54 Å². The normalized spacial score (nSPS) is 15.2. The third-order valence-electron chi connectivity index (χ3n) is 3.37. The molecular weight excluding hydrogens is 236 g/mol.